The van der Waals surface area contributed by atoms with Gasteiger partial charge in [-0.3, -0.25) is 0 Å². The molecule has 0 aliphatic carbocycles. The number of aromatic hydroxyl groups is 2. The fourth-order valence-corrected chi connectivity index (χ4v) is 4.14. The van der Waals surface area contributed by atoms with Gasteiger partial charge in [-0.2, -0.15) is 0 Å². The van der Waals surface area contributed by atoms with Crippen LogP contribution >= 0.6 is 0 Å². The van der Waals surface area contributed by atoms with Gasteiger partial charge in [0.2, 0.25) is 0 Å². The van der Waals surface area contributed by atoms with Crippen molar-refractivity contribution < 1.29 is 10.2 Å². The quantitative estimate of drug-likeness (QED) is 0.403. The maximum absolute atomic E-state index is 11.1. The van der Waals surface area contributed by atoms with E-state index in [0.29, 0.717) is 11.1 Å². The highest BCUT2D eigenvalue weighted by atomic mass is 16.3. The van der Waals surface area contributed by atoms with Crippen LogP contribution in [0.4, 0.5) is 0 Å². The first-order valence-electron chi connectivity index (χ1n) is 9.09. The van der Waals surface area contributed by atoms with Gasteiger partial charge in [-0.05, 0) is 53.8 Å². The van der Waals surface area contributed by atoms with Crippen LogP contribution in [0.1, 0.15) is 16.7 Å². The van der Waals surface area contributed by atoms with E-state index in [-0.39, 0.29) is 11.5 Å². The summed E-state index contributed by atoms with van der Waals surface area (Å²) in [5.41, 5.74) is 6.56. The summed E-state index contributed by atoms with van der Waals surface area (Å²) in [6, 6.07) is 21.9. The van der Waals surface area contributed by atoms with E-state index in [1.54, 1.807) is 0 Å². The van der Waals surface area contributed by atoms with Crippen LogP contribution in [0.15, 0.2) is 66.7 Å². The Bertz CT molecular complexity index is 1140. The first-order chi connectivity index (χ1) is 13.0. The number of fused-ring (bicyclic) bond motifs is 1. The lowest BCUT2D eigenvalue weighted by atomic mass is 9.86. The molecule has 0 aliphatic rings. The molecular formula is C25H22O2. The lowest BCUT2D eigenvalue weighted by Crippen LogP contribution is -1.94. The molecule has 0 aliphatic heterocycles. The molecule has 4 aromatic carbocycles. The van der Waals surface area contributed by atoms with E-state index >= 15 is 0 Å². The maximum Gasteiger partial charge on any atom is 0.166 e. The van der Waals surface area contributed by atoms with Crippen molar-refractivity contribution in [3.8, 4) is 33.8 Å². The largest absolute Gasteiger partial charge is 0.504 e. The van der Waals surface area contributed by atoms with E-state index in [4.69, 9.17) is 0 Å². The van der Waals surface area contributed by atoms with Crippen LogP contribution in [0.25, 0.3) is 33.0 Å². The molecule has 0 heterocycles. The van der Waals surface area contributed by atoms with Crippen molar-refractivity contribution >= 4 is 10.8 Å². The van der Waals surface area contributed by atoms with Gasteiger partial charge in [0.15, 0.2) is 11.5 Å². The van der Waals surface area contributed by atoms with Crippen LogP contribution in [0.3, 0.4) is 0 Å². The van der Waals surface area contributed by atoms with E-state index in [9.17, 15) is 10.2 Å². The Balaban J connectivity index is 2.16. The van der Waals surface area contributed by atoms with Crippen LogP contribution in [-0.4, -0.2) is 10.2 Å². The third-order valence-corrected chi connectivity index (χ3v) is 5.15. The molecule has 0 unspecified atom stereocenters. The number of hydrogen-bond acceptors (Lipinski definition) is 2. The molecule has 0 fully saturated rings. The van der Waals surface area contributed by atoms with E-state index in [2.05, 4.69) is 19.1 Å². The fraction of sp³-hybridized carbons (Fsp3) is 0.120. The number of aryl methyl sites for hydroxylation is 3. The number of hydrogen-bond donors (Lipinski definition) is 2. The zero-order valence-corrected chi connectivity index (χ0v) is 15.7. The second-order valence-electron chi connectivity index (χ2n) is 7.13. The highest BCUT2D eigenvalue weighted by Gasteiger charge is 2.22. The summed E-state index contributed by atoms with van der Waals surface area (Å²) >= 11 is 0. The van der Waals surface area contributed by atoms with Gasteiger partial charge in [-0.15, -0.1) is 0 Å². The Morgan fingerprint density at radius 3 is 1.63 bits per heavy atom. The number of benzene rings is 4. The topological polar surface area (TPSA) is 40.5 Å². The van der Waals surface area contributed by atoms with Crippen LogP contribution < -0.4 is 0 Å². The van der Waals surface area contributed by atoms with Crippen LogP contribution in [0.2, 0.25) is 0 Å². The average Bonchev–Trinajstić information content (AvgIpc) is 2.65. The molecule has 134 valence electrons. The Morgan fingerprint density at radius 2 is 1.04 bits per heavy atom. The van der Waals surface area contributed by atoms with E-state index in [1.165, 1.54) is 5.56 Å². The van der Waals surface area contributed by atoms with Gasteiger partial charge in [0.25, 0.3) is 0 Å². The van der Waals surface area contributed by atoms with Crippen LogP contribution in [-0.2, 0) is 0 Å². The normalized spacial score (nSPS) is 11.1. The molecule has 0 bridgehead atoms. The number of rotatable bonds is 2. The minimum Gasteiger partial charge on any atom is -0.504 e. The predicted molar refractivity (Wildman–Crippen MR) is 112 cm³/mol. The molecule has 0 radical (unpaired) electrons. The Kier molecular flexibility index (Phi) is 4.12. The van der Waals surface area contributed by atoms with Gasteiger partial charge in [-0.1, -0.05) is 72.3 Å². The van der Waals surface area contributed by atoms with Crippen molar-refractivity contribution in [3.05, 3.63) is 83.4 Å². The molecule has 27 heavy (non-hydrogen) atoms. The third kappa shape index (κ3) is 2.74. The van der Waals surface area contributed by atoms with E-state index in [1.807, 2.05) is 68.4 Å². The number of phenolic OH excluding ortho intramolecular Hbond substituents is 2. The molecule has 0 saturated carbocycles. The van der Waals surface area contributed by atoms with Gasteiger partial charge in [0.1, 0.15) is 0 Å². The molecule has 4 aromatic rings. The molecule has 2 N–H and O–H groups in total. The molecule has 2 heteroatoms. The molecule has 0 aromatic heterocycles. The zero-order valence-electron chi connectivity index (χ0n) is 15.7. The lowest BCUT2D eigenvalue weighted by molar-refractivity contribution is 0.407. The zero-order chi connectivity index (χ0) is 19.1. The van der Waals surface area contributed by atoms with Crippen molar-refractivity contribution in [2.75, 3.05) is 0 Å². The van der Waals surface area contributed by atoms with Crippen molar-refractivity contribution in [1.29, 1.82) is 0 Å². The van der Waals surface area contributed by atoms with Crippen molar-refractivity contribution in [1.82, 2.24) is 0 Å². The summed E-state index contributed by atoms with van der Waals surface area (Å²) in [6.07, 6.45) is 0. The van der Waals surface area contributed by atoms with Gasteiger partial charge in [-0.25, -0.2) is 0 Å². The highest BCUT2D eigenvalue weighted by molar-refractivity contribution is 6.10. The molecule has 0 spiro atoms. The molecule has 4 rings (SSSR count). The third-order valence-electron chi connectivity index (χ3n) is 5.15. The highest BCUT2D eigenvalue weighted by Crippen LogP contribution is 2.50. The van der Waals surface area contributed by atoms with Crippen molar-refractivity contribution in [3.63, 3.8) is 0 Å². The van der Waals surface area contributed by atoms with Gasteiger partial charge in [0, 0.05) is 11.1 Å². The summed E-state index contributed by atoms with van der Waals surface area (Å²) < 4.78 is 0. The number of phenols is 2. The minimum absolute atomic E-state index is 0.0670. The van der Waals surface area contributed by atoms with E-state index < -0.39 is 0 Å². The smallest absolute Gasteiger partial charge is 0.166 e. The second-order valence-corrected chi connectivity index (χ2v) is 7.13. The van der Waals surface area contributed by atoms with Crippen LogP contribution in [0.5, 0.6) is 11.5 Å². The predicted octanol–water partition coefficient (Wildman–Crippen LogP) is 6.51. The Labute approximate surface area is 159 Å². The van der Waals surface area contributed by atoms with Gasteiger partial charge < -0.3 is 10.2 Å². The summed E-state index contributed by atoms with van der Waals surface area (Å²) in [4.78, 5) is 0. The average molecular weight is 354 g/mol. The Hall–Kier alpha value is -3.26. The molecule has 0 saturated heterocycles. The first kappa shape index (κ1) is 17.2. The van der Waals surface area contributed by atoms with Gasteiger partial charge in [0.05, 0.1) is 0 Å². The summed E-state index contributed by atoms with van der Waals surface area (Å²) in [6.45, 7) is 6.16. The molecule has 0 atom stereocenters. The second kappa shape index (κ2) is 6.48. The minimum atomic E-state index is -0.0747. The van der Waals surface area contributed by atoms with Crippen molar-refractivity contribution in [2.24, 2.45) is 0 Å². The maximum atomic E-state index is 11.1. The first-order valence-corrected chi connectivity index (χ1v) is 9.09. The molecule has 0 amide bonds. The molecule has 2 nitrogen and oxygen atoms in total. The van der Waals surface area contributed by atoms with Gasteiger partial charge >= 0.3 is 0 Å². The van der Waals surface area contributed by atoms with E-state index in [0.717, 1.165) is 33.0 Å². The summed E-state index contributed by atoms with van der Waals surface area (Å²) in [7, 11) is 0. The summed E-state index contributed by atoms with van der Waals surface area (Å²) in [5.74, 6) is -0.142. The summed E-state index contributed by atoms with van der Waals surface area (Å²) in [5, 5.41) is 23.9. The Morgan fingerprint density at radius 1 is 0.556 bits per heavy atom. The van der Waals surface area contributed by atoms with Crippen molar-refractivity contribution in [2.45, 2.75) is 20.8 Å². The SMILES string of the molecule is Cc1cc(C)c(-c2c(O)c(O)c(-c3ccccc3)c3ccccc23)c(C)c1. The fourth-order valence-electron chi connectivity index (χ4n) is 4.14. The molecular weight excluding hydrogens is 332 g/mol. The lowest BCUT2D eigenvalue weighted by Gasteiger charge is -2.19. The van der Waals surface area contributed by atoms with Crippen LogP contribution in [0, 0.1) is 20.8 Å². The monoisotopic (exact) mass is 354 g/mol. The standard InChI is InChI=1S/C25H22O2/c1-15-13-16(2)21(17(3)14-15)23-20-12-8-7-11-19(20)22(24(26)25(23)27)18-9-5-4-6-10-18/h4-14,26-27H,1-3H3.